The maximum absolute atomic E-state index is 12.9. The van der Waals surface area contributed by atoms with E-state index < -0.39 is 0 Å². The molecule has 0 unspecified atom stereocenters. The van der Waals surface area contributed by atoms with E-state index in [1.807, 2.05) is 42.6 Å². The lowest BCUT2D eigenvalue weighted by atomic mass is 9.79. The van der Waals surface area contributed by atoms with Crippen LogP contribution in [0.3, 0.4) is 0 Å². The minimum Gasteiger partial charge on any atom is -0.381 e. The van der Waals surface area contributed by atoms with Crippen molar-refractivity contribution in [2.24, 2.45) is 17.8 Å². The monoisotopic (exact) mass is 423 g/mol. The third-order valence-electron chi connectivity index (χ3n) is 5.59. The number of benzene rings is 1. The maximum atomic E-state index is 12.9. The zero-order valence-corrected chi connectivity index (χ0v) is 17.3. The van der Waals surface area contributed by atoms with Gasteiger partial charge in [-0.2, -0.15) is 0 Å². The Labute approximate surface area is 178 Å². The van der Waals surface area contributed by atoms with Crippen molar-refractivity contribution in [1.82, 2.24) is 10.3 Å². The summed E-state index contributed by atoms with van der Waals surface area (Å²) in [4.78, 5) is 17.1. The Morgan fingerprint density at radius 3 is 2.61 bits per heavy atom. The van der Waals surface area contributed by atoms with Crippen LogP contribution in [-0.2, 0) is 9.53 Å². The lowest BCUT2D eigenvalue weighted by Crippen LogP contribution is -2.34. The highest BCUT2D eigenvalue weighted by molar-refractivity contribution is 5.93. The number of amides is 1. The number of pyridine rings is 1. The van der Waals surface area contributed by atoms with Crippen LogP contribution in [0.1, 0.15) is 12.8 Å². The number of hydrogen-bond acceptors (Lipinski definition) is 4. The van der Waals surface area contributed by atoms with Gasteiger partial charge in [0.15, 0.2) is 0 Å². The second-order valence-corrected chi connectivity index (χ2v) is 7.19. The van der Waals surface area contributed by atoms with E-state index in [2.05, 4.69) is 15.6 Å². The van der Waals surface area contributed by atoms with E-state index in [9.17, 15) is 4.79 Å². The van der Waals surface area contributed by atoms with E-state index in [4.69, 9.17) is 4.74 Å². The third kappa shape index (κ3) is 5.23. The number of nitrogens with one attached hydrogen (secondary N) is 2. The van der Waals surface area contributed by atoms with Crippen molar-refractivity contribution < 1.29 is 9.53 Å². The molecular weight excluding hydrogens is 397 g/mol. The minimum absolute atomic E-state index is 0. The summed E-state index contributed by atoms with van der Waals surface area (Å²) >= 11 is 0. The Morgan fingerprint density at radius 1 is 1.07 bits per heavy atom. The molecule has 3 heterocycles. The molecule has 152 valence electrons. The molecule has 0 saturated carbocycles. The summed E-state index contributed by atoms with van der Waals surface area (Å²) in [5.74, 6) is 1.13. The van der Waals surface area contributed by atoms with E-state index in [1.165, 1.54) is 0 Å². The number of halogens is 2. The highest BCUT2D eigenvalue weighted by Crippen LogP contribution is 2.33. The smallest absolute Gasteiger partial charge is 0.229 e. The number of carbonyl (C=O) groups is 1. The molecular formula is C21H27Cl2N3O2. The molecule has 0 aliphatic carbocycles. The predicted molar refractivity (Wildman–Crippen MR) is 116 cm³/mol. The number of carbonyl (C=O) groups excluding carboxylic acids is 1. The van der Waals surface area contributed by atoms with E-state index in [1.54, 1.807) is 6.20 Å². The summed E-state index contributed by atoms with van der Waals surface area (Å²) in [6.45, 7) is 3.33. The molecule has 2 N–H and O–H groups in total. The molecule has 2 fully saturated rings. The van der Waals surface area contributed by atoms with Crippen molar-refractivity contribution in [3.05, 3.63) is 48.8 Å². The van der Waals surface area contributed by atoms with E-state index in [0.717, 1.165) is 56.0 Å². The Morgan fingerprint density at radius 2 is 1.86 bits per heavy atom. The molecule has 4 rings (SSSR count). The maximum Gasteiger partial charge on any atom is 0.229 e. The predicted octanol–water partition coefficient (Wildman–Crippen LogP) is 3.79. The van der Waals surface area contributed by atoms with Gasteiger partial charge in [-0.3, -0.25) is 9.78 Å². The van der Waals surface area contributed by atoms with Gasteiger partial charge in [0.2, 0.25) is 5.91 Å². The quantitative estimate of drug-likeness (QED) is 0.784. The standard InChI is InChI=1S/C21H25N3O2.2ClH/c25-21(20-14-23-13-19(20)15-6-9-26-10-7-15)24-18-5-1-3-16(11-18)17-4-2-8-22-12-17;;/h1-5,8,11-12,15,19-20,23H,6-7,9-10,13-14H2,(H,24,25);2*1H/t19-,20+;;/m1../s1. The Hall–Kier alpha value is -1.66. The molecule has 5 nitrogen and oxygen atoms in total. The second-order valence-electron chi connectivity index (χ2n) is 7.19. The molecule has 2 aliphatic heterocycles. The van der Waals surface area contributed by atoms with Gasteiger partial charge in [-0.15, -0.1) is 24.8 Å². The van der Waals surface area contributed by atoms with Gasteiger partial charge in [0.25, 0.3) is 0 Å². The van der Waals surface area contributed by atoms with Crippen LogP contribution in [0.15, 0.2) is 48.8 Å². The summed E-state index contributed by atoms with van der Waals surface area (Å²) in [5, 5.41) is 6.55. The lowest BCUT2D eigenvalue weighted by molar-refractivity contribution is -0.121. The van der Waals surface area contributed by atoms with Gasteiger partial charge in [-0.25, -0.2) is 0 Å². The highest BCUT2D eigenvalue weighted by atomic mass is 35.5. The van der Waals surface area contributed by atoms with Crippen LogP contribution < -0.4 is 10.6 Å². The molecule has 1 aromatic heterocycles. The van der Waals surface area contributed by atoms with Gasteiger partial charge in [0.05, 0.1) is 5.92 Å². The Balaban J connectivity index is 0.00000140. The lowest BCUT2D eigenvalue weighted by Gasteiger charge is -2.30. The minimum atomic E-state index is 0. The first-order chi connectivity index (χ1) is 12.8. The van der Waals surface area contributed by atoms with Crippen LogP contribution in [0.4, 0.5) is 5.69 Å². The number of anilines is 1. The summed E-state index contributed by atoms with van der Waals surface area (Å²) < 4.78 is 5.48. The van der Waals surface area contributed by atoms with E-state index >= 15 is 0 Å². The molecule has 0 radical (unpaired) electrons. The van der Waals surface area contributed by atoms with Gasteiger partial charge >= 0.3 is 0 Å². The molecule has 7 heteroatoms. The molecule has 0 bridgehead atoms. The highest BCUT2D eigenvalue weighted by Gasteiger charge is 2.38. The average molecular weight is 424 g/mol. The number of rotatable bonds is 4. The number of hydrogen-bond donors (Lipinski definition) is 2. The first-order valence-corrected chi connectivity index (χ1v) is 9.41. The molecule has 0 spiro atoms. The third-order valence-corrected chi connectivity index (χ3v) is 5.59. The zero-order chi connectivity index (χ0) is 17.8. The van der Waals surface area contributed by atoms with Crippen molar-refractivity contribution in [3.63, 3.8) is 0 Å². The summed E-state index contributed by atoms with van der Waals surface area (Å²) in [6.07, 6.45) is 5.72. The SMILES string of the molecule is Cl.Cl.O=C(Nc1cccc(-c2cccnc2)c1)[C@H]1CNC[C@@H]1C1CCOCC1. The first-order valence-electron chi connectivity index (χ1n) is 9.41. The number of ether oxygens (including phenoxy) is 1. The molecule has 2 aliphatic rings. The van der Waals surface area contributed by atoms with Crippen LogP contribution >= 0.6 is 24.8 Å². The van der Waals surface area contributed by atoms with Gasteiger partial charge in [0, 0.05) is 43.4 Å². The van der Waals surface area contributed by atoms with Gasteiger partial charge in [0.1, 0.15) is 0 Å². The molecule has 28 heavy (non-hydrogen) atoms. The Bertz CT molecular complexity index is 754. The van der Waals surface area contributed by atoms with Crippen LogP contribution in [0, 0.1) is 17.8 Å². The first kappa shape index (κ1) is 22.6. The average Bonchev–Trinajstić information content (AvgIpc) is 3.20. The summed E-state index contributed by atoms with van der Waals surface area (Å²) in [7, 11) is 0. The van der Waals surface area contributed by atoms with Crippen LogP contribution in [0.5, 0.6) is 0 Å². The van der Waals surface area contributed by atoms with E-state index in [-0.39, 0.29) is 36.6 Å². The topological polar surface area (TPSA) is 63.2 Å². The fourth-order valence-electron chi connectivity index (χ4n) is 4.17. The largest absolute Gasteiger partial charge is 0.381 e. The molecule has 2 aromatic rings. The van der Waals surface area contributed by atoms with Crippen molar-refractivity contribution in [2.45, 2.75) is 12.8 Å². The van der Waals surface area contributed by atoms with Crippen molar-refractivity contribution in [2.75, 3.05) is 31.6 Å². The summed E-state index contributed by atoms with van der Waals surface area (Å²) in [6, 6.07) is 11.9. The van der Waals surface area contributed by atoms with Gasteiger partial charge in [-0.05, 0) is 55.0 Å². The summed E-state index contributed by atoms with van der Waals surface area (Å²) in [5.41, 5.74) is 2.95. The zero-order valence-electron chi connectivity index (χ0n) is 15.7. The second kappa shape index (κ2) is 10.8. The fourth-order valence-corrected chi connectivity index (χ4v) is 4.17. The number of nitrogens with zero attached hydrogens (tertiary/aromatic N) is 1. The van der Waals surface area contributed by atoms with Gasteiger partial charge in [-0.1, -0.05) is 18.2 Å². The normalized spacial score (nSPS) is 22.0. The number of aromatic nitrogens is 1. The van der Waals surface area contributed by atoms with Crippen molar-refractivity contribution >= 4 is 36.4 Å². The molecule has 1 amide bonds. The van der Waals surface area contributed by atoms with Gasteiger partial charge < -0.3 is 15.4 Å². The van der Waals surface area contributed by atoms with Crippen LogP contribution in [0.25, 0.3) is 11.1 Å². The van der Waals surface area contributed by atoms with Crippen molar-refractivity contribution in [1.29, 1.82) is 0 Å². The molecule has 1 aromatic carbocycles. The van der Waals surface area contributed by atoms with E-state index in [0.29, 0.717) is 11.8 Å². The van der Waals surface area contributed by atoms with Crippen LogP contribution in [0.2, 0.25) is 0 Å². The van der Waals surface area contributed by atoms with Crippen molar-refractivity contribution in [3.8, 4) is 11.1 Å². The fraction of sp³-hybridized carbons (Fsp3) is 0.429. The molecule has 2 saturated heterocycles. The van der Waals surface area contributed by atoms with Crippen LogP contribution in [-0.4, -0.2) is 37.2 Å². The molecule has 2 atom stereocenters. The Kier molecular flexibility index (Phi) is 8.70.